The Bertz CT molecular complexity index is 667. The van der Waals surface area contributed by atoms with Crippen LogP contribution in [-0.2, 0) is 6.18 Å². The maximum absolute atomic E-state index is 12.8. The lowest BCUT2D eigenvalue weighted by atomic mass is 10.0. The average molecular weight is 295 g/mol. The average Bonchev–Trinajstić information content (AvgIpc) is 2.40. The first-order valence-corrected chi connectivity index (χ1v) is 6.06. The fraction of sp³-hybridized carbons (Fsp3) is 0.133. The van der Waals surface area contributed by atoms with Crippen molar-refractivity contribution in [2.24, 2.45) is 0 Å². The minimum atomic E-state index is -4.58. The van der Waals surface area contributed by atoms with E-state index in [1.807, 2.05) is 0 Å². The number of carbonyl (C=O) groups is 1. The second kappa shape index (κ2) is 5.47. The third-order valence-electron chi connectivity index (χ3n) is 2.94. The largest absolute Gasteiger partial charge is 0.478 e. The summed E-state index contributed by atoms with van der Waals surface area (Å²) in [5.41, 5.74) is -0.419. The summed E-state index contributed by atoms with van der Waals surface area (Å²) in [5.74, 6) is -1.41. The number of benzene rings is 2. The van der Waals surface area contributed by atoms with Crippen LogP contribution in [0.4, 0.5) is 24.5 Å². The van der Waals surface area contributed by atoms with E-state index in [9.17, 15) is 18.0 Å². The van der Waals surface area contributed by atoms with Crippen molar-refractivity contribution in [3.63, 3.8) is 0 Å². The Morgan fingerprint density at radius 3 is 2.29 bits per heavy atom. The van der Waals surface area contributed by atoms with Crippen LogP contribution in [0.2, 0.25) is 0 Å². The van der Waals surface area contributed by atoms with E-state index in [2.05, 4.69) is 5.32 Å². The molecule has 3 nitrogen and oxygen atoms in total. The highest BCUT2D eigenvalue weighted by atomic mass is 19.4. The standard InChI is InChI=1S/C15H12F3NO2/c1-9-7-10(15(16,17)18)8-12(14(20)21)13(9)19-11-5-3-2-4-6-11/h2-8,19H,1H3,(H,20,21). The zero-order valence-electron chi connectivity index (χ0n) is 11.0. The van der Waals surface area contributed by atoms with E-state index >= 15 is 0 Å². The van der Waals surface area contributed by atoms with Crippen LogP contribution in [0.1, 0.15) is 21.5 Å². The van der Waals surface area contributed by atoms with Crippen LogP contribution in [0.5, 0.6) is 0 Å². The predicted octanol–water partition coefficient (Wildman–Crippen LogP) is 4.46. The monoisotopic (exact) mass is 295 g/mol. The third-order valence-corrected chi connectivity index (χ3v) is 2.94. The fourth-order valence-electron chi connectivity index (χ4n) is 1.95. The van der Waals surface area contributed by atoms with Crippen molar-refractivity contribution in [3.05, 3.63) is 59.2 Å². The Kier molecular flexibility index (Phi) is 3.88. The van der Waals surface area contributed by atoms with E-state index in [-0.39, 0.29) is 11.3 Å². The summed E-state index contributed by atoms with van der Waals surface area (Å²) in [6, 6.07) is 10.2. The topological polar surface area (TPSA) is 49.3 Å². The van der Waals surface area contributed by atoms with Crippen LogP contribution in [-0.4, -0.2) is 11.1 Å². The van der Waals surface area contributed by atoms with Gasteiger partial charge in [0.25, 0.3) is 0 Å². The molecule has 0 aliphatic rings. The van der Waals surface area contributed by atoms with Crippen LogP contribution in [0, 0.1) is 6.92 Å². The molecule has 0 heterocycles. The number of hydrogen-bond acceptors (Lipinski definition) is 2. The number of carboxylic acids is 1. The van der Waals surface area contributed by atoms with E-state index in [1.165, 1.54) is 6.92 Å². The Balaban J connectivity index is 2.53. The number of carboxylic acid groups (broad SMARTS) is 1. The summed E-state index contributed by atoms with van der Waals surface area (Å²) >= 11 is 0. The van der Waals surface area contributed by atoms with Crippen molar-refractivity contribution in [2.45, 2.75) is 13.1 Å². The Morgan fingerprint density at radius 2 is 1.76 bits per heavy atom. The van der Waals surface area contributed by atoms with Crippen molar-refractivity contribution < 1.29 is 23.1 Å². The second-order valence-corrected chi connectivity index (χ2v) is 4.51. The first kappa shape index (κ1) is 14.9. The number of nitrogens with one attached hydrogen (secondary N) is 1. The maximum Gasteiger partial charge on any atom is 0.416 e. The summed E-state index contributed by atoms with van der Waals surface area (Å²) in [4.78, 5) is 11.2. The molecule has 0 fully saturated rings. The van der Waals surface area contributed by atoms with Crippen LogP contribution in [0.3, 0.4) is 0 Å². The molecule has 2 aromatic rings. The predicted molar refractivity (Wildman–Crippen MR) is 72.9 cm³/mol. The molecule has 110 valence electrons. The number of aromatic carboxylic acids is 1. The van der Waals surface area contributed by atoms with Crippen LogP contribution in [0.25, 0.3) is 0 Å². The van der Waals surface area contributed by atoms with Crippen LogP contribution >= 0.6 is 0 Å². The van der Waals surface area contributed by atoms with Crippen LogP contribution in [0.15, 0.2) is 42.5 Å². The molecule has 0 spiro atoms. The normalized spacial score (nSPS) is 11.2. The van der Waals surface area contributed by atoms with Crippen molar-refractivity contribution in [1.82, 2.24) is 0 Å². The van der Waals surface area contributed by atoms with Gasteiger partial charge in [-0.15, -0.1) is 0 Å². The summed E-state index contributed by atoms with van der Waals surface area (Å²) in [5, 5.41) is 12.0. The summed E-state index contributed by atoms with van der Waals surface area (Å²) < 4.78 is 38.3. The quantitative estimate of drug-likeness (QED) is 0.879. The molecule has 0 aliphatic carbocycles. The van der Waals surface area contributed by atoms with Gasteiger partial charge in [-0.05, 0) is 36.8 Å². The van der Waals surface area contributed by atoms with Crippen molar-refractivity contribution in [1.29, 1.82) is 0 Å². The number of anilines is 2. The second-order valence-electron chi connectivity index (χ2n) is 4.51. The highest BCUT2D eigenvalue weighted by molar-refractivity contribution is 5.96. The minimum absolute atomic E-state index is 0.154. The molecule has 2 rings (SSSR count). The highest BCUT2D eigenvalue weighted by Gasteiger charge is 2.32. The van der Waals surface area contributed by atoms with Gasteiger partial charge in [-0.2, -0.15) is 13.2 Å². The van der Waals surface area contributed by atoms with E-state index in [0.717, 1.165) is 6.07 Å². The molecule has 2 aromatic carbocycles. The molecular formula is C15H12F3NO2. The molecule has 0 bridgehead atoms. The maximum atomic E-state index is 12.8. The van der Waals surface area contributed by atoms with Gasteiger partial charge in [-0.25, -0.2) is 4.79 Å². The van der Waals surface area contributed by atoms with Crippen molar-refractivity contribution in [2.75, 3.05) is 5.32 Å². The Labute approximate surface area is 119 Å². The summed E-state index contributed by atoms with van der Waals surface area (Å²) in [6.07, 6.45) is -4.58. The number of alkyl halides is 3. The lowest BCUT2D eigenvalue weighted by molar-refractivity contribution is -0.137. The summed E-state index contributed by atoms with van der Waals surface area (Å²) in [6.45, 7) is 1.44. The van der Waals surface area contributed by atoms with Gasteiger partial charge in [0.2, 0.25) is 0 Å². The van der Waals surface area contributed by atoms with Crippen LogP contribution < -0.4 is 5.32 Å². The molecular weight excluding hydrogens is 283 g/mol. The minimum Gasteiger partial charge on any atom is -0.478 e. The van der Waals surface area contributed by atoms with E-state index in [1.54, 1.807) is 30.3 Å². The van der Waals surface area contributed by atoms with Crippen molar-refractivity contribution in [3.8, 4) is 0 Å². The molecule has 21 heavy (non-hydrogen) atoms. The molecule has 0 unspecified atom stereocenters. The van der Waals surface area contributed by atoms with Crippen molar-refractivity contribution >= 4 is 17.3 Å². The van der Waals surface area contributed by atoms with Gasteiger partial charge < -0.3 is 10.4 Å². The zero-order valence-corrected chi connectivity index (χ0v) is 11.0. The molecule has 2 N–H and O–H groups in total. The summed E-state index contributed by atoms with van der Waals surface area (Å²) in [7, 11) is 0. The Hall–Kier alpha value is -2.50. The lowest BCUT2D eigenvalue weighted by Gasteiger charge is -2.16. The van der Waals surface area contributed by atoms with E-state index in [0.29, 0.717) is 11.8 Å². The molecule has 0 radical (unpaired) electrons. The van der Waals surface area contributed by atoms with Gasteiger partial charge in [0.1, 0.15) is 0 Å². The van der Waals surface area contributed by atoms with Gasteiger partial charge in [0.15, 0.2) is 0 Å². The number of hydrogen-bond donors (Lipinski definition) is 2. The zero-order chi connectivity index (χ0) is 15.6. The molecule has 0 amide bonds. The Morgan fingerprint density at radius 1 is 1.14 bits per heavy atom. The molecule has 0 aliphatic heterocycles. The van der Waals surface area contributed by atoms with Gasteiger partial charge in [0, 0.05) is 5.69 Å². The first-order valence-electron chi connectivity index (χ1n) is 6.06. The number of halogens is 3. The molecule has 0 atom stereocenters. The SMILES string of the molecule is Cc1cc(C(F)(F)F)cc(C(=O)O)c1Nc1ccccc1. The number of aryl methyl sites for hydroxylation is 1. The molecule has 6 heteroatoms. The van der Waals surface area contributed by atoms with Gasteiger partial charge in [-0.3, -0.25) is 0 Å². The van der Waals surface area contributed by atoms with Gasteiger partial charge >= 0.3 is 12.1 Å². The van der Waals surface area contributed by atoms with Gasteiger partial charge in [0.05, 0.1) is 16.8 Å². The van der Waals surface area contributed by atoms with E-state index < -0.39 is 23.3 Å². The fourth-order valence-corrected chi connectivity index (χ4v) is 1.95. The highest BCUT2D eigenvalue weighted by Crippen LogP contribution is 2.35. The number of para-hydroxylation sites is 1. The first-order chi connectivity index (χ1) is 9.79. The lowest BCUT2D eigenvalue weighted by Crippen LogP contribution is -2.11. The molecule has 0 saturated carbocycles. The molecule has 0 saturated heterocycles. The smallest absolute Gasteiger partial charge is 0.416 e. The van der Waals surface area contributed by atoms with Gasteiger partial charge in [-0.1, -0.05) is 18.2 Å². The third kappa shape index (κ3) is 3.34. The number of rotatable bonds is 3. The van der Waals surface area contributed by atoms with E-state index in [4.69, 9.17) is 5.11 Å². The molecule has 0 aromatic heterocycles.